The Kier molecular flexibility index (Phi) is 7.35. The van der Waals surface area contributed by atoms with Crippen LogP contribution < -0.4 is 15.4 Å². The van der Waals surface area contributed by atoms with Crippen LogP contribution in [0.4, 0.5) is 0 Å². The maximum atomic E-state index is 10.4. The van der Waals surface area contributed by atoms with Crippen LogP contribution in [0.15, 0.2) is 52.1 Å². The van der Waals surface area contributed by atoms with Gasteiger partial charge in [0.1, 0.15) is 18.1 Å². The second kappa shape index (κ2) is 9.74. The van der Waals surface area contributed by atoms with Crippen LogP contribution in [0.5, 0.6) is 5.75 Å². The Labute approximate surface area is 148 Å². The monoisotopic (exact) mass is 345 g/mol. The number of furan rings is 1. The smallest absolute Gasteiger partial charge is 0.191 e. The first kappa shape index (κ1) is 18.9. The van der Waals surface area contributed by atoms with Gasteiger partial charge >= 0.3 is 0 Å². The van der Waals surface area contributed by atoms with Gasteiger partial charge in [0.25, 0.3) is 0 Å². The van der Waals surface area contributed by atoms with Crippen molar-refractivity contribution >= 4 is 5.96 Å². The fourth-order valence-corrected chi connectivity index (χ4v) is 2.28. The van der Waals surface area contributed by atoms with Crippen molar-refractivity contribution in [3.63, 3.8) is 0 Å². The molecule has 1 unspecified atom stereocenters. The van der Waals surface area contributed by atoms with Crippen LogP contribution in [0.2, 0.25) is 0 Å². The molecule has 0 aliphatic rings. The van der Waals surface area contributed by atoms with Crippen molar-refractivity contribution in [3.05, 3.63) is 54.0 Å². The normalized spacial score (nSPS) is 12.9. The van der Waals surface area contributed by atoms with Gasteiger partial charge in [0.05, 0.1) is 18.5 Å². The molecule has 1 heterocycles. The third-order valence-corrected chi connectivity index (χ3v) is 3.39. The lowest BCUT2D eigenvalue weighted by atomic mass is 10.1. The third kappa shape index (κ3) is 6.51. The molecule has 1 atom stereocenters. The van der Waals surface area contributed by atoms with Gasteiger partial charge in [0.2, 0.25) is 0 Å². The van der Waals surface area contributed by atoms with Crippen LogP contribution in [-0.4, -0.2) is 30.3 Å². The van der Waals surface area contributed by atoms with E-state index in [2.05, 4.69) is 15.6 Å². The number of aliphatic hydroxyl groups is 1. The number of nitrogens with one attached hydrogen (secondary N) is 2. The number of aliphatic hydroxyl groups excluding tert-OH is 1. The molecule has 0 amide bonds. The van der Waals surface area contributed by atoms with Gasteiger partial charge < -0.3 is 24.9 Å². The average molecular weight is 345 g/mol. The third-order valence-electron chi connectivity index (χ3n) is 3.39. The van der Waals surface area contributed by atoms with Crippen LogP contribution in [0.1, 0.15) is 38.2 Å². The van der Waals surface area contributed by atoms with E-state index in [4.69, 9.17) is 9.15 Å². The van der Waals surface area contributed by atoms with Gasteiger partial charge in [-0.2, -0.15) is 0 Å². The summed E-state index contributed by atoms with van der Waals surface area (Å²) < 4.78 is 10.9. The van der Waals surface area contributed by atoms with Gasteiger partial charge in [-0.1, -0.05) is 12.1 Å². The highest BCUT2D eigenvalue weighted by molar-refractivity contribution is 5.79. The number of benzene rings is 1. The van der Waals surface area contributed by atoms with Crippen LogP contribution in [0.3, 0.4) is 0 Å². The summed E-state index contributed by atoms with van der Waals surface area (Å²) in [5, 5.41) is 16.7. The number of guanidine groups is 1. The summed E-state index contributed by atoms with van der Waals surface area (Å²) in [6, 6.07) is 11.2. The molecular weight excluding hydrogens is 318 g/mol. The molecule has 3 N–H and O–H groups in total. The standard InChI is InChI=1S/C19H27N3O3/c1-4-20-19(21-12-17-9-6-10-24-17)22-13-18(23)15-7-5-8-16(11-15)25-14(2)3/h5-11,14,18,23H,4,12-13H2,1-3H3,(H2,20,21,22). The number of hydrogen-bond acceptors (Lipinski definition) is 4. The molecule has 6 heteroatoms. The summed E-state index contributed by atoms with van der Waals surface area (Å²) in [7, 11) is 0. The summed E-state index contributed by atoms with van der Waals surface area (Å²) in [6.45, 7) is 7.46. The Morgan fingerprint density at radius 2 is 2.08 bits per heavy atom. The largest absolute Gasteiger partial charge is 0.491 e. The molecule has 0 fully saturated rings. The van der Waals surface area contributed by atoms with Gasteiger partial charge in [-0.15, -0.1) is 0 Å². The number of hydrogen-bond donors (Lipinski definition) is 3. The molecule has 0 aliphatic heterocycles. The fraction of sp³-hybridized carbons (Fsp3) is 0.421. The summed E-state index contributed by atoms with van der Waals surface area (Å²) in [5.74, 6) is 2.17. The number of rotatable bonds is 8. The van der Waals surface area contributed by atoms with Crippen molar-refractivity contribution in [2.75, 3.05) is 13.1 Å². The number of nitrogens with zero attached hydrogens (tertiary/aromatic N) is 1. The number of aliphatic imine (C=N–C) groups is 1. The molecule has 0 bridgehead atoms. The Morgan fingerprint density at radius 1 is 1.24 bits per heavy atom. The summed E-state index contributed by atoms with van der Waals surface area (Å²) in [4.78, 5) is 4.44. The molecule has 2 aromatic rings. The quantitative estimate of drug-likeness (QED) is 0.506. The molecule has 1 aromatic heterocycles. The highest BCUT2D eigenvalue weighted by Gasteiger charge is 2.10. The molecule has 25 heavy (non-hydrogen) atoms. The Balaban J connectivity index is 1.93. The van der Waals surface area contributed by atoms with Crippen molar-refractivity contribution in [1.29, 1.82) is 0 Å². The minimum absolute atomic E-state index is 0.0969. The first-order valence-electron chi connectivity index (χ1n) is 8.57. The molecule has 2 rings (SSSR count). The lowest BCUT2D eigenvalue weighted by molar-refractivity contribution is 0.179. The van der Waals surface area contributed by atoms with Gasteiger partial charge in [0, 0.05) is 13.1 Å². The second-order valence-electron chi connectivity index (χ2n) is 5.91. The minimum Gasteiger partial charge on any atom is -0.491 e. The van der Waals surface area contributed by atoms with E-state index in [1.54, 1.807) is 6.26 Å². The summed E-state index contributed by atoms with van der Waals surface area (Å²) >= 11 is 0. The Hall–Kier alpha value is -2.47. The number of ether oxygens (including phenoxy) is 1. The molecule has 0 spiro atoms. The van der Waals surface area contributed by atoms with Gasteiger partial charge in [0.15, 0.2) is 5.96 Å². The first-order valence-corrected chi connectivity index (χ1v) is 8.57. The lowest BCUT2D eigenvalue weighted by Gasteiger charge is -2.17. The molecule has 0 aliphatic carbocycles. The molecule has 0 saturated heterocycles. The van der Waals surface area contributed by atoms with E-state index in [1.807, 2.05) is 57.2 Å². The predicted octanol–water partition coefficient (Wildman–Crippen LogP) is 2.86. The predicted molar refractivity (Wildman–Crippen MR) is 98.7 cm³/mol. The van der Waals surface area contributed by atoms with Crippen LogP contribution in [0, 0.1) is 0 Å². The summed E-state index contributed by atoms with van der Waals surface area (Å²) in [6.07, 6.45) is 1.06. The maximum absolute atomic E-state index is 10.4. The second-order valence-corrected chi connectivity index (χ2v) is 5.91. The van der Waals surface area contributed by atoms with Crippen LogP contribution in [0.25, 0.3) is 0 Å². The van der Waals surface area contributed by atoms with E-state index in [0.717, 1.165) is 23.6 Å². The van der Waals surface area contributed by atoms with E-state index >= 15 is 0 Å². The van der Waals surface area contributed by atoms with Crippen LogP contribution in [-0.2, 0) is 6.54 Å². The van der Waals surface area contributed by atoms with E-state index in [9.17, 15) is 5.11 Å². The zero-order valence-corrected chi connectivity index (χ0v) is 15.0. The van der Waals surface area contributed by atoms with Gasteiger partial charge in [-0.3, -0.25) is 0 Å². The maximum Gasteiger partial charge on any atom is 0.191 e. The van der Waals surface area contributed by atoms with Crippen molar-refractivity contribution < 1.29 is 14.3 Å². The molecule has 0 saturated carbocycles. The Morgan fingerprint density at radius 3 is 2.76 bits per heavy atom. The highest BCUT2D eigenvalue weighted by Crippen LogP contribution is 2.19. The summed E-state index contributed by atoms with van der Waals surface area (Å²) in [5.41, 5.74) is 0.799. The zero-order chi connectivity index (χ0) is 18.1. The molecule has 0 radical (unpaired) electrons. The average Bonchev–Trinajstić information content (AvgIpc) is 3.10. The molecule has 136 valence electrons. The topological polar surface area (TPSA) is 79.0 Å². The lowest BCUT2D eigenvalue weighted by Crippen LogP contribution is -2.39. The van der Waals surface area contributed by atoms with Crippen molar-refractivity contribution in [3.8, 4) is 5.75 Å². The Bertz CT molecular complexity index is 654. The molecule has 6 nitrogen and oxygen atoms in total. The van der Waals surface area contributed by atoms with Crippen molar-refractivity contribution in [1.82, 2.24) is 10.6 Å². The fourth-order valence-electron chi connectivity index (χ4n) is 2.28. The van der Waals surface area contributed by atoms with E-state index in [-0.39, 0.29) is 6.10 Å². The van der Waals surface area contributed by atoms with Gasteiger partial charge in [-0.25, -0.2) is 4.99 Å². The van der Waals surface area contributed by atoms with Crippen molar-refractivity contribution in [2.24, 2.45) is 4.99 Å². The molecule has 1 aromatic carbocycles. The van der Waals surface area contributed by atoms with E-state index in [1.165, 1.54) is 0 Å². The van der Waals surface area contributed by atoms with E-state index in [0.29, 0.717) is 19.0 Å². The first-order chi connectivity index (χ1) is 12.1. The van der Waals surface area contributed by atoms with Crippen molar-refractivity contribution in [2.45, 2.75) is 39.5 Å². The SMILES string of the molecule is CCNC(=NCc1ccco1)NCC(O)c1cccc(OC(C)C)c1. The van der Waals surface area contributed by atoms with Gasteiger partial charge in [-0.05, 0) is 50.6 Å². The molecular formula is C19H27N3O3. The highest BCUT2D eigenvalue weighted by atomic mass is 16.5. The van der Waals surface area contributed by atoms with Crippen LogP contribution >= 0.6 is 0 Å². The minimum atomic E-state index is -0.664. The zero-order valence-electron chi connectivity index (χ0n) is 15.0. The van der Waals surface area contributed by atoms with E-state index < -0.39 is 6.10 Å².